The maximum absolute atomic E-state index is 12.5. The predicted molar refractivity (Wildman–Crippen MR) is 114 cm³/mol. The number of amides is 1. The van der Waals surface area contributed by atoms with Crippen molar-refractivity contribution in [2.75, 3.05) is 11.1 Å². The lowest BCUT2D eigenvalue weighted by molar-refractivity contribution is -0.117. The molecule has 0 radical (unpaired) electrons. The molecule has 1 fully saturated rings. The van der Waals surface area contributed by atoms with Gasteiger partial charge in [0.15, 0.2) is 9.84 Å². The molecule has 1 saturated carbocycles. The van der Waals surface area contributed by atoms with Gasteiger partial charge >= 0.3 is 0 Å². The summed E-state index contributed by atoms with van der Waals surface area (Å²) in [6.45, 7) is 1.60. The maximum atomic E-state index is 12.5. The van der Waals surface area contributed by atoms with Crippen LogP contribution in [-0.2, 0) is 21.7 Å². The highest BCUT2D eigenvalue weighted by Crippen LogP contribution is 2.36. The van der Waals surface area contributed by atoms with E-state index in [2.05, 4.69) is 5.32 Å². The molecular formula is C22H22N2O4S. The highest BCUT2D eigenvalue weighted by atomic mass is 32.2. The van der Waals surface area contributed by atoms with Crippen LogP contribution in [0.25, 0.3) is 21.9 Å². The van der Waals surface area contributed by atoms with Crippen molar-refractivity contribution in [2.45, 2.75) is 24.7 Å². The van der Waals surface area contributed by atoms with E-state index in [9.17, 15) is 18.0 Å². The van der Waals surface area contributed by atoms with Gasteiger partial charge in [0.25, 0.3) is 5.56 Å². The minimum Gasteiger partial charge on any atom is -0.325 e. The van der Waals surface area contributed by atoms with Gasteiger partial charge < -0.3 is 9.88 Å². The molecule has 0 aliphatic heterocycles. The van der Waals surface area contributed by atoms with Crippen molar-refractivity contribution in [3.63, 3.8) is 0 Å². The van der Waals surface area contributed by atoms with Gasteiger partial charge in [-0.25, -0.2) is 8.42 Å². The number of fused-ring (bicyclic) bond motifs is 1. The normalized spacial score (nSPS) is 14.1. The molecule has 2 aromatic carbocycles. The average Bonchev–Trinajstić information content (AvgIpc) is 3.56. The third-order valence-corrected chi connectivity index (χ3v) is 7.05. The van der Waals surface area contributed by atoms with Crippen LogP contribution in [0, 0.1) is 5.92 Å². The van der Waals surface area contributed by atoms with Gasteiger partial charge in [-0.2, -0.15) is 0 Å². The highest BCUT2D eigenvalue weighted by molar-refractivity contribution is 7.91. The van der Waals surface area contributed by atoms with Crippen LogP contribution in [0.4, 0.5) is 5.69 Å². The van der Waals surface area contributed by atoms with Crippen LogP contribution in [0.3, 0.4) is 0 Å². The Hall–Kier alpha value is -2.93. The number of aromatic nitrogens is 1. The first-order valence-electron chi connectivity index (χ1n) is 9.58. The lowest BCUT2D eigenvalue weighted by Gasteiger charge is -2.16. The topological polar surface area (TPSA) is 85.2 Å². The van der Waals surface area contributed by atoms with Gasteiger partial charge in [-0.15, -0.1) is 0 Å². The number of nitrogens with one attached hydrogen (secondary N) is 1. The Morgan fingerprint density at radius 1 is 1.10 bits per heavy atom. The van der Waals surface area contributed by atoms with Gasteiger partial charge in [0.2, 0.25) is 5.91 Å². The van der Waals surface area contributed by atoms with E-state index < -0.39 is 9.84 Å². The van der Waals surface area contributed by atoms with Crippen molar-refractivity contribution in [3.05, 3.63) is 59.0 Å². The average molecular weight is 410 g/mol. The molecule has 4 rings (SSSR count). The molecule has 0 spiro atoms. The molecule has 0 atom stereocenters. The van der Waals surface area contributed by atoms with E-state index in [0.717, 1.165) is 12.8 Å². The molecule has 150 valence electrons. The molecule has 1 amide bonds. The SMILES string of the molecule is CCS(=O)(=O)c1ccc(NC(=O)C2CC2)c(-c2cn(C)c(=O)c3ccccc23)c1. The molecule has 0 saturated heterocycles. The molecule has 1 aromatic heterocycles. The monoisotopic (exact) mass is 410 g/mol. The van der Waals surface area contributed by atoms with Crippen LogP contribution < -0.4 is 10.9 Å². The number of nitrogens with zero attached hydrogens (tertiary/aromatic N) is 1. The van der Waals surface area contributed by atoms with E-state index in [4.69, 9.17) is 0 Å². The first kappa shape index (κ1) is 19.4. The summed E-state index contributed by atoms with van der Waals surface area (Å²) in [6, 6.07) is 12.0. The Morgan fingerprint density at radius 2 is 1.79 bits per heavy atom. The highest BCUT2D eigenvalue weighted by Gasteiger charge is 2.30. The van der Waals surface area contributed by atoms with E-state index >= 15 is 0 Å². The van der Waals surface area contributed by atoms with Gasteiger partial charge in [-0.3, -0.25) is 9.59 Å². The molecule has 1 aliphatic carbocycles. The summed E-state index contributed by atoms with van der Waals surface area (Å²) in [7, 11) is -1.77. The number of rotatable bonds is 5. The zero-order chi connectivity index (χ0) is 20.8. The summed E-state index contributed by atoms with van der Waals surface area (Å²) >= 11 is 0. The fourth-order valence-corrected chi connectivity index (χ4v) is 4.33. The van der Waals surface area contributed by atoms with E-state index in [1.807, 2.05) is 12.1 Å². The third-order valence-electron chi connectivity index (χ3n) is 5.32. The number of hydrogen-bond donors (Lipinski definition) is 1. The van der Waals surface area contributed by atoms with E-state index in [-0.39, 0.29) is 28.0 Å². The van der Waals surface area contributed by atoms with Crippen LogP contribution in [-0.4, -0.2) is 24.6 Å². The number of benzene rings is 2. The Bertz CT molecular complexity index is 1290. The molecule has 1 N–H and O–H groups in total. The van der Waals surface area contributed by atoms with Crippen LogP contribution in [0.15, 0.2) is 58.4 Å². The Balaban J connectivity index is 1.99. The summed E-state index contributed by atoms with van der Waals surface area (Å²) in [5, 5.41) is 4.19. The molecule has 6 nitrogen and oxygen atoms in total. The van der Waals surface area contributed by atoms with Gasteiger partial charge in [-0.05, 0) is 42.5 Å². The van der Waals surface area contributed by atoms with E-state index in [1.165, 1.54) is 10.6 Å². The minimum atomic E-state index is -3.43. The molecule has 7 heteroatoms. The molecule has 1 heterocycles. The Kier molecular flexibility index (Phi) is 4.78. The number of hydrogen-bond acceptors (Lipinski definition) is 4. The number of anilines is 1. The zero-order valence-corrected chi connectivity index (χ0v) is 17.1. The number of carbonyl (C=O) groups is 1. The first-order chi connectivity index (χ1) is 13.8. The van der Waals surface area contributed by atoms with Crippen molar-refractivity contribution in [2.24, 2.45) is 13.0 Å². The Labute approximate surface area is 169 Å². The standard InChI is InChI=1S/C22H22N2O4S/c1-3-29(27,28)15-10-11-20(23-21(25)14-8-9-14)18(12-15)19-13-24(2)22(26)17-7-5-4-6-16(17)19/h4-7,10-14H,3,8-9H2,1-2H3,(H,23,25). The summed E-state index contributed by atoms with van der Waals surface area (Å²) < 4.78 is 26.4. The van der Waals surface area contributed by atoms with Crippen molar-refractivity contribution in [3.8, 4) is 11.1 Å². The van der Waals surface area contributed by atoms with Gasteiger partial charge in [-0.1, -0.05) is 25.1 Å². The summed E-state index contributed by atoms with van der Waals surface area (Å²) in [6.07, 6.45) is 3.42. The second kappa shape index (κ2) is 7.15. The van der Waals surface area contributed by atoms with Crippen molar-refractivity contribution in [1.82, 2.24) is 4.57 Å². The third kappa shape index (κ3) is 3.58. The van der Waals surface area contributed by atoms with Crippen molar-refractivity contribution < 1.29 is 13.2 Å². The summed E-state index contributed by atoms with van der Waals surface area (Å²) in [4.78, 5) is 25.1. The van der Waals surface area contributed by atoms with Crippen LogP contribution in [0.2, 0.25) is 0 Å². The lowest BCUT2D eigenvalue weighted by atomic mass is 9.99. The fourth-order valence-electron chi connectivity index (χ4n) is 3.43. The Morgan fingerprint density at radius 3 is 2.45 bits per heavy atom. The number of sulfone groups is 1. The molecule has 29 heavy (non-hydrogen) atoms. The zero-order valence-electron chi connectivity index (χ0n) is 16.3. The maximum Gasteiger partial charge on any atom is 0.258 e. The minimum absolute atomic E-state index is 0.0128. The second-order valence-corrected chi connectivity index (χ2v) is 9.66. The second-order valence-electron chi connectivity index (χ2n) is 7.38. The molecule has 1 aliphatic rings. The van der Waals surface area contributed by atoms with Crippen LogP contribution in [0.5, 0.6) is 0 Å². The van der Waals surface area contributed by atoms with Crippen molar-refractivity contribution in [1.29, 1.82) is 0 Å². The summed E-state index contributed by atoms with van der Waals surface area (Å²) in [5.41, 5.74) is 1.69. The van der Waals surface area contributed by atoms with Crippen LogP contribution in [0.1, 0.15) is 19.8 Å². The van der Waals surface area contributed by atoms with Gasteiger partial charge in [0, 0.05) is 41.4 Å². The summed E-state index contributed by atoms with van der Waals surface area (Å²) in [5.74, 6) is -0.0703. The number of pyridine rings is 1. The number of aryl methyl sites for hydroxylation is 1. The largest absolute Gasteiger partial charge is 0.325 e. The van der Waals surface area contributed by atoms with Gasteiger partial charge in [0.1, 0.15) is 0 Å². The van der Waals surface area contributed by atoms with Crippen molar-refractivity contribution >= 4 is 32.2 Å². The molecule has 0 bridgehead atoms. The lowest BCUT2D eigenvalue weighted by Crippen LogP contribution is -2.17. The first-order valence-corrected chi connectivity index (χ1v) is 11.2. The number of carbonyl (C=O) groups excluding carboxylic acids is 1. The molecule has 0 unspecified atom stereocenters. The molecular weight excluding hydrogens is 388 g/mol. The van der Waals surface area contributed by atoms with Gasteiger partial charge in [0.05, 0.1) is 10.6 Å². The van der Waals surface area contributed by atoms with E-state index in [0.29, 0.717) is 27.6 Å². The predicted octanol–water partition coefficient (Wildman–Crippen LogP) is 3.35. The smallest absolute Gasteiger partial charge is 0.258 e. The van der Waals surface area contributed by atoms with E-state index in [1.54, 1.807) is 44.4 Å². The molecule has 3 aromatic rings. The van der Waals surface area contributed by atoms with Crippen LogP contribution >= 0.6 is 0 Å². The quantitative estimate of drug-likeness (QED) is 0.699. The fraction of sp³-hybridized carbons (Fsp3) is 0.273.